The van der Waals surface area contributed by atoms with Gasteiger partial charge in [-0.3, -0.25) is 9.59 Å². The lowest BCUT2D eigenvalue weighted by Gasteiger charge is -2.31. The number of rotatable bonds is 21. The number of ether oxygens (including phenoxy) is 4. The van der Waals surface area contributed by atoms with Crippen molar-refractivity contribution in [3.63, 3.8) is 0 Å². The van der Waals surface area contributed by atoms with Crippen LogP contribution in [-0.2, 0) is 9.47 Å². The highest BCUT2D eigenvalue weighted by Gasteiger charge is 2.23. The molecule has 0 saturated carbocycles. The van der Waals surface area contributed by atoms with Crippen molar-refractivity contribution < 1.29 is 18.9 Å². The van der Waals surface area contributed by atoms with E-state index in [0.29, 0.717) is 31.8 Å². The maximum Gasteiger partial charge on any atom is 0.196 e. The van der Waals surface area contributed by atoms with Crippen LogP contribution in [0.4, 0.5) is 0 Å². The van der Waals surface area contributed by atoms with Gasteiger partial charge in [0.1, 0.15) is 11.5 Å². The Hall–Kier alpha value is -3.90. The molecule has 0 aliphatic heterocycles. The van der Waals surface area contributed by atoms with E-state index in [1.165, 1.54) is 0 Å². The number of likely N-dealkylation sites (N-methyl/N-ethyl adjacent to an activating group) is 1. The molecule has 6 rings (SSSR count). The number of hydrogen-bond donors (Lipinski definition) is 0. The molecule has 4 aromatic carbocycles. The first-order valence-corrected chi connectivity index (χ1v) is 21.3. The van der Waals surface area contributed by atoms with E-state index in [2.05, 4.69) is 51.6 Å². The first-order chi connectivity index (χ1) is 26.9. The van der Waals surface area contributed by atoms with Gasteiger partial charge in [-0.2, -0.15) is 0 Å². The first kappa shape index (κ1) is 41.7. The Balaban J connectivity index is 0.817. The fourth-order valence-electron chi connectivity index (χ4n) is 6.67. The molecule has 0 radical (unpaired) electrons. The van der Waals surface area contributed by atoms with Gasteiger partial charge in [0.15, 0.2) is 10.9 Å². The molecule has 298 valence electrons. The Morgan fingerprint density at radius 1 is 0.500 bits per heavy atom. The molecule has 10 heteroatoms. The zero-order chi connectivity index (χ0) is 39.7. The van der Waals surface area contributed by atoms with Crippen LogP contribution in [0.15, 0.2) is 94.5 Å². The van der Waals surface area contributed by atoms with Gasteiger partial charge < -0.3 is 28.7 Å². The summed E-state index contributed by atoms with van der Waals surface area (Å²) in [5, 5.41) is 2.95. The molecule has 2 aromatic heterocycles. The van der Waals surface area contributed by atoms with Gasteiger partial charge >= 0.3 is 0 Å². The average molecular weight is 797 g/mol. The maximum absolute atomic E-state index is 13.0. The first-order valence-electron chi connectivity index (χ1n) is 19.7. The van der Waals surface area contributed by atoms with E-state index in [4.69, 9.17) is 18.9 Å². The summed E-state index contributed by atoms with van der Waals surface area (Å²) in [7, 11) is 4.25. The zero-order valence-corrected chi connectivity index (χ0v) is 35.4. The van der Waals surface area contributed by atoms with E-state index >= 15 is 0 Å². The predicted molar refractivity (Wildman–Crippen MR) is 236 cm³/mol. The summed E-state index contributed by atoms with van der Waals surface area (Å²) in [5.74, 6) is 1.47. The van der Waals surface area contributed by atoms with Crippen LogP contribution in [0.2, 0.25) is 0 Å². The third-order valence-corrected chi connectivity index (χ3v) is 12.6. The monoisotopic (exact) mass is 796 g/mol. The van der Waals surface area contributed by atoms with E-state index in [0.717, 1.165) is 98.3 Å². The minimum absolute atomic E-state index is 0.0606. The molecule has 8 nitrogen and oxygen atoms in total. The summed E-state index contributed by atoms with van der Waals surface area (Å²) < 4.78 is 28.7. The Morgan fingerprint density at radius 3 is 1.48 bits per heavy atom. The molecule has 0 saturated heterocycles. The summed E-state index contributed by atoms with van der Waals surface area (Å²) in [6, 6.07) is 27.2. The SMILES string of the molecule is CN(CCCOc1ccc2sc3ccccc3c(=O)c2c1)CCOC(C)(C)CCOC(C)(C)CCN(C)CCCOc1ccc2sc3ccccc3c(=O)c2c1. The molecular formula is C46H56N2O6S2. The second-order valence-electron chi connectivity index (χ2n) is 15.9. The van der Waals surface area contributed by atoms with Crippen molar-refractivity contribution in [1.82, 2.24) is 9.80 Å². The van der Waals surface area contributed by atoms with Gasteiger partial charge in [0.2, 0.25) is 0 Å². The highest BCUT2D eigenvalue weighted by molar-refractivity contribution is 7.24. The van der Waals surface area contributed by atoms with Crippen molar-refractivity contribution in [3.05, 3.63) is 105 Å². The van der Waals surface area contributed by atoms with Gasteiger partial charge in [-0.1, -0.05) is 24.3 Å². The quantitative estimate of drug-likeness (QED) is 0.0527. The summed E-state index contributed by atoms with van der Waals surface area (Å²) in [6.07, 6.45) is 3.50. The molecule has 0 atom stereocenters. The molecule has 0 unspecified atom stereocenters. The highest BCUT2D eigenvalue weighted by Crippen LogP contribution is 2.29. The van der Waals surface area contributed by atoms with Crippen molar-refractivity contribution in [2.24, 2.45) is 0 Å². The van der Waals surface area contributed by atoms with Gasteiger partial charge in [-0.25, -0.2) is 0 Å². The zero-order valence-electron chi connectivity index (χ0n) is 33.7. The smallest absolute Gasteiger partial charge is 0.196 e. The standard InChI is InChI=1S/C46H56N2O6S2/c1-45(2,21-25-47(5)23-11-27-51-33-17-19-41-37(31-33)43(49)35-13-7-9-15-39(35)55-41)53-29-22-46(3,4)54-30-26-48(6)24-12-28-52-34-18-20-42-38(32-34)44(50)36-14-8-10-16-40(36)56-42/h7-10,13-20,31-32H,11-12,21-30H2,1-6H3. The predicted octanol–water partition coefficient (Wildman–Crippen LogP) is 9.62. The van der Waals surface area contributed by atoms with Crippen LogP contribution in [0, 0.1) is 0 Å². The molecule has 0 spiro atoms. The molecule has 0 aliphatic carbocycles. The van der Waals surface area contributed by atoms with E-state index in [1.807, 2.05) is 84.9 Å². The third-order valence-electron chi connectivity index (χ3n) is 10.3. The lowest BCUT2D eigenvalue weighted by atomic mass is 10.0. The summed E-state index contributed by atoms with van der Waals surface area (Å²) in [6.45, 7) is 14.6. The second-order valence-corrected chi connectivity index (χ2v) is 18.1. The topological polar surface area (TPSA) is 77.5 Å². The normalized spacial score (nSPS) is 12.5. The lowest BCUT2D eigenvalue weighted by molar-refractivity contribution is -0.0780. The van der Waals surface area contributed by atoms with E-state index < -0.39 is 0 Å². The van der Waals surface area contributed by atoms with Crippen LogP contribution in [-0.4, -0.2) is 87.7 Å². The van der Waals surface area contributed by atoms with Gasteiger partial charge in [0.05, 0.1) is 37.6 Å². The highest BCUT2D eigenvalue weighted by atomic mass is 32.1. The van der Waals surface area contributed by atoms with E-state index in [9.17, 15) is 9.59 Å². The summed E-state index contributed by atoms with van der Waals surface area (Å²) in [5.41, 5.74) is -0.401. The molecule has 0 aliphatic rings. The average Bonchev–Trinajstić information content (AvgIpc) is 3.18. The van der Waals surface area contributed by atoms with Crippen molar-refractivity contribution in [2.45, 2.75) is 64.6 Å². The Labute approximate surface area is 338 Å². The summed E-state index contributed by atoms with van der Waals surface area (Å²) >= 11 is 3.27. The van der Waals surface area contributed by atoms with Gasteiger partial charge in [0, 0.05) is 66.5 Å². The molecular weight excluding hydrogens is 741 g/mol. The van der Waals surface area contributed by atoms with E-state index in [1.54, 1.807) is 22.7 Å². The van der Waals surface area contributed by atoms with Gasteiger partial charge in [-0.05, 0) is 128 Å². The minimum atomic E-state index is -0.284. The molecule has 56 heavy (non-hydrogen) atoms. The molecule has 2 heterocycles. The van der Waals surface area contributed by atoms with Gasteiger partial charge in [0.25, 0.3) is 0 Å². The maximum atomic E-state index is 13.0. The third kappa shape index (κ3) is 11.4. The van der Waals surface area contributed by atoms with Crippen molar-refractivity contribution in [1.29, 1.82) is 0 Å². The van der Waals surface area contributed by atoms with Crippen LogP contribution >= 0.6 is 22.7 Å². The number of nitrogens with zero attached hydrogens (tertiary/aromatic N) is 2. The minimum Gasteiger partial charge on any atom is -0.494 e. The number of hydrogen-bond acceptors (Lipinski definition) is 10. The van der Waals surface area contributed by atoms with Crippen LogP contribution in [0.3, 0.4) is 0 Å². The number of fused-ring (bicyclic) bond motifs is 4. The van der Waals surface area contributed by atoms with Crippen LogP contribution in [0.1, 0.15) is 53.4 Å². The van der Waals surface area contributed by atoms with Crippen molar-refractivity contribution in [2.75, 3.05) is 66.7 Å². The van der Waals surface area contributed by atoms with Crippen LogP contribution in [0.25, 0.3) is 40.3 Å². The van der Waals surface area contributed by atoms with Crippen molar-refractivity contribution >= 4 is 63.0 Å². The lowest BCUT2D eigenvalue weighted by Crippen LogP contribution is -2.35. The molecule has 0 amide bonds. The fourth-order valence-corrected chi connectivity index (χ4v) is 8.78. The molecule has 0 bridgehead atoms. The van der Waals surface area contributed by atoms with Crippen LogP contribution < -0.4 is 20.3 Å². The van der Waals surface area contributed by atoms with E-state index in [-0.39, 0.29) is 22.1 Å². The largest absolute Gasteiger partial charge is 0.494 e. The number of benzene rings is 4. The van der Waals surface area contributed by atoms with Crippen LogP contribution in [0.5, 0.6) is 11.5 Å². The Kier molecular flexibility index (Phi) is 14.2. The Bertz CT molecular complexity index is 2350. The van der Waals surface area contributed by atoms with Gasteiger partial charge in [-0.15, -0.1) is 22.7 Å². The fraction of sp³-hybridized carbons (Fsp3) is 0.435. The Morgan fingerprint density at radius 2 is 0.946 bits per heavy atom. The summed E-state index contributed by atoms with van der Waals surface area (Å²) in [4.78, 5) is 30.6. The molecule has 6 aromatic rings. The molecule has 0 fully saturated rings. The molecule has 0 N–H and O–H groups in total. The van der Waals surface area contributed by atoms with Crippen molar-refractivity contribution in [3.8, 4) is 11.5 Å². The second kappa shape index (κ2) is 19.0.